The molecular formula is C26H20BrN3O2. The molecule has 158 valence electrons. The molecular weight excluding hydrogens is 466 g/mol. The van der Waals surface area contributed by atoms with Crippen LogP contribution in [-0.4, -0.2) is 17.6 Å². The minimum atomic E-state index is -0.376. The zero-order chi connectivity index (χ0) is 22.1. The topological polar surface area (TPSA) is 64.6 Å². The molecule has 1 heterocycles. The maximum atomic E-state index is 12.6. The van der Waals surface area contributed by atoms with Crippen molar-refractivity contribution < 1.29 is 9.90 Å². The molecule has 1 aliphatic heterocycles. The average molecular weight is 486 g/mol. The van der Waals surface area contributed by atoms with Crippen LogP contribution in [0.25, 0.3) is 10.8 Å². The van der Waals surface area contributed by atoms with Crippen LogP contribution in [0.3, 0.4) is 0 Å². The Balaban J connectivity index is 1.44. The molecule has 0 fully saturated rings. The molecule has 1 aliphatic rings. The highest BCUT2D eigenvalue weighted by atomic mass is 79.9. The number of hydrogen-bond donors (Lipinski definition) is 3. The lowest BCUT2D eigenvalue weighted by atomic mass is 10.1. The number of aromatic hydroxyl groups is 1. The summed E-state index contributed by atoms with van der Waals surface area (Å²) in [4.78, 5) is 14.8. The van der Waals surface area contributed by atoms with Gasteiger partial charge in [-0.05, 0) is 69.9 Å². The first-order chi connectivity index (χ1) is 15.6. The smallest absolute Gasteiger partial charge is 0.260 e. The van der Waals surface area contributed by atoms with E-state index in [1.165, 1.54) is 16.8 Å². The highest BCUT2D eigenvalue weighted by molar-refractivity contribution is 9.10. The number of phenolic OH excluding ortho intramolecular Hbond substituents is 1. The van der Waals surface area contributed by atoms with Crippen molar-refractivity contribution in [2.75, 3.05) is 22.1 Å². The van der Waals surface area contributed by atoms with E-state index < -0.39 is 0 Å². The summed E-state index contributed by atoms with van der Waals surface area (Å²) in [5.41, 5.74) is 3.98. The lowest BCUT2D eigenvalue weighted by molar-refractivity contribution is 0.102. The van der Waals surface area contributed by atoms with Crippen LogP contribution in [0.15, 0.2) is 95.6 Å². The molecule has 1 amide bonds. The number of benzene rings is 4. The third kappa shape index (κ3) is 3.69. The Hall–Kier alpha value is -3.77. The fourth-order valence-electron chi connectivity index (χ4n) is 3.91. The van der Waals surface area contributed by atoms with Crippen LogP contribution in [0.1, 0.15) is 10.4 Å². The summed E-state index contributed by atoms with van der Waals surface area (Å²) in [6.45, 7) is 0.737. The molecule has 0 bridgehead atoms. The van der Waals surface area contributed by atoms with E-state index in [1.54, 1.807) is 12.1 Å². The van der Waals surface area contributed by atoms with Crippen molar-refractivity contribution in [2.45, 2.75) is 0 Å². The van der Waals surface area contributed by atoms with Gasteiger partial charge in [0.2, 0.25) is 0 Å². The average Bonchev–Trinajstić information content (AvgIpc) is 3.02. The maximum Gasteiger partial charge on any atom is 0.260 e. The number of halogens is 1. The van der Waals surface area contributed by atoms with Crippen molar-refractivity contribution in [3.8, 4) is 5.75 Å². The number of carbonyl (C=O) groups excluding carboxylic acids is 1. The second-order valence-electron chi connectivity index (χ2n) is 7.45. The third-order valence-corrected chi connectivity index (χ3v) is 6.10. The first kappa shape index (κ1) is 20.2. The highest BCUT2D eigenvalue weighted by Gasteiger charge is 2.17. The molecule has 0 aromatic heterocycles. The number of hydrogen-bond acceptors (Lipinski definition) is 4. The largest absolute Gasteiger partial charge is 0.507 e. The normalized spacial score (nSPS) is 12.7. The summed E-state index contributed by atoms with van der Waals surface area (Å²) in [6.07, 6.45) is 4.14. The van der Waals surface area contributed by atoms with Gasteiger partial charge in [-0.3, -0.25) is 4.79 Å². The Morgan fingerprint density at radius 2 is 1.78 bits per heavy atom. The third-order valence-electron chi connectivity index (χ3n) is 5.44. The minimum Gasteiger partial charge on any atom is -0.507 e. The van der Waals surface area contributed by atoms with Gasteiger partial charge >= 0.3 is 0 Å². The van der Waals surface area contributed by atoms with Gasteiger partial charge in [0.15, 0.2) is 0 Å². The quantitative estimate of drug-likeness (QED) is 0.304. The monoisotopic (exact) mass is 485 g/mol. The second-order valence-corrected chi connectivity index (χ2v) is 8.31. The van der Waals surface area contributed by atoms with Crippen LogP contribution in [0.5, 0.6) is 5.75 Å². The number of rotatable bonds is 3. The molecule has 0 aliphatic carbocycles. The van der Waals surface area contributed by atoms with Crippen molar-refractivity contribution in [3.05, 3.63) is 101 Å². The van der Waals surface area contributed by atoms with Gasteiger partial charge in [0, 0.05) is 34.0 Å². The number of nitrogens with one attached hydrogen (secondary N) is 2. The standard InChI is InChI=1S/C26H20BrN3O2/c27-21-7-3-8-23(31)24(21)26(32)29-18-10-12-19(13-11-18)30-16-4-15-28-25-20-6-2-1-5-17(20)9-14-22(25)30/h1-14,16,28,31H,15H2,(H,29,32). The van der Waals surface area contributed by atoms with E-state index in [0.717, 1.165) is 23.6 Å². The van der Waals surface area contributed by atoms with E-state index in [4.69, 9.17) is 0 Å². The van der Waals surface area contributed by atoms with Gasteiger partial charge in [-0.25, -0.2) is 0 Å². The lowest BCUT2D eigenvalue weighted by Crippen LogP contribution is -2.13. The van der Waals surface area contributed by atoms with Gasteiger partial charge in [-0.15, -0.1) is 0 Å². The SMILES string of the molecule is O=C(Nc1ccc(N2C=CCNc3c2ccc2ccccc32)cc1)c1c(O)cccc1Br. The van der Waals surface area contributed by atoms with Gasteiger partial charge in [-0.1, -0.05) is 36.4 Å². The zero-order valence-corrected chi connectivity index (χ0v) is 18.6. The molecule has 4 aromatic carbocycles. The first-order valence-corrected chi connectivity index (χ1v) is 11.0. The molecule has 0 atom stereocenters. The summed E-state index contributed by atoms with van der Waals surface area (Å²) in [5, 5.41) is 18.8. The van der Waals surface area contributed by atoms with Gasteiger partial charge in [-0.2, -0.15) is 0 Å². The Bertz CT molecular complexity index is 1330. The van der Waals surface area contributed by atoms with Gasteiger partial charge < -0.3 is 20.6 Å². The molecule has 0 saturated heterocycles. The summed E-state index contributed by atoms with van der Waals surface area (Å²) in [6, 6.07) is 25.1. The number of carbonyl (C=O) groups is 1. The maximum absolute atomic E-state index is 12.6. The van der Waals surface area contributed by atoms with Crippen molar-refractivity contribution >= 4 is 55.4 Å². The summed E-state index contributed by atoms with van der Waals surface area (Å²) in [7, 11) is 0. The molecule has 0 unspecified atom stereocenters. The predicted molar refractivity (Wildman–Crippen MR) is 134 cm³/mol. The molecule has 3 N–H and O–H groups in total. The van der Waals surface area contributed by atoms with E-state index >= 15 is 0 Å². The highest BCUT2D eigenvalue weighted by Crippen LogP contribution is 2.39. The van der Waals surface area contributed by atoms with Crippen molar-refractivity contribution in [2.24, 2.45) is 0 Å². The fourth-order valence-corrected chi connectivity index (χ4v) is 4.44. The van der Waals surface area contributed by atoms with E-state index in [9.17, 15) is 9.90 Å². The summed E-state index contributed by atoms with van der Waals surface area (Å²) < 4.78 is 0.539. The molecule has 5 nitrogen and oxygen atoms in total. The Morgan fingerprint density at radius 3 is 2.59 bits per heavy atom. The zero-order valence-electron chi connectivity index (χ0n) is 17.0. The minimum absolute atomic E-state index is 0.0699. The number of phenols is 1. The number of fused-ring (bicyclic) bond motifs is 3. The van der Waals surface area contributed by atoms with Crippen LogP contribution >= 0.6 is 15.9 Å². The van der Waals surface area contributed by atoms with Crippen LogP contribution in [0, 0.1) is 0 Å². The van der Waals surface area contributed by atoms with Gasteiger partial charge in [0.25, 0.3) is 5.91 Å². The van der Waals surface area contributed by atoms with Crippen LogP contribution < -0.4 is 15.5 Å². The van der Waals surface area contributed by atoms with Gasteiger partial charge in [0.05, 0.1) is 16.9 Å². The van der Waals surface area contributed by atoms with Crippen LogP contribution in [0.4, 0.5) is 22.7 Å². The molecule has 0 saturated carbocycles. The Morgan fingerprint density at radius 1 is 0.969 bits per heavy atom. The van der Waals surface area contributed by atoms with E-state index in [1.807, 2.05) is 36.4 Å². The van der Waals surface area contributed by atoms with E-state index in [-0.39, 0.29) is 17.2 Å². The van der Waals surface area contributed by atoms with E-state index in [2.05, 4.69) is 68.0 Å². The molecule has 6 heteroatoms. The number of amides is 1. The molecule has 4 aromatic rings. The van der Waals surface area contributed by atoms with Crippen molar-refractivity contribution in [1.82, 2.24) is 0 Å². The van der Waals surface area contributed by atoms with Crippen molar-refractivity contribution in [3.63, 3.8) is 0 Å². The van der Waals surface area contributed by atoms with Crippen LogP contribution in [0.2, 0.25) is 0 Å². The number of anilines is 4. The molecule has 0 spiro atoms. The van der Waals surface area contributed by atoms with Crippen molar-refractivity contribution in [1.29, 1.82) is 0 Å². The molecule has 0 radical (unpaired) electrons. The Labute approximate surface area is 194 Å². The lowest BCUT2D eigenvalue weighted by Gasteiger charge is -2.23. The summed E-state index contributed by atoms with van der Waals surface area (Å²) >= 11 is 3.32. The van der Waals surface area contributed by atoms with E-state index in [0.29, 0.717) is 10.2 Å². The van der Waals surface area contributed by atoms with Gasteiger partial charge in [0.1, 0.15) is 5.75 Å². The second kappa shape index (κ2) is 8.40. The summed E-state index contributed by atoms with van der Waals surface area (Å²) in [5.74, 6) is -0.446. The number of nitrogens with zero attached hydrogens (tertiary/aromatic N) is 1. The molecule has 32 heavy (non-hydrogen) atoms. The van der Waals surface area contributed by atoms with Crippen LogP contribution in [-0.2, 0) is 0 Å². The predicted octanol–water partition coefficient (Wildman–Crippen LogP) is 6.64. The molecule has 5 rings (SSSR count). The fraction of sp³-hybridized carbons (Fsp3) is 0.0385. The Kier molecular flexibility index (Phi) is 5.29. The first-order valence-electron chi connectivity index (χ1n) is 10.2.